The van der Waals surface area contributed by atoms with Gasteiger partial charge in [-0.3, -0.25) is 0 Å². The highest BCUT2D eigenvalue weighted by Gasteiger charge is 2.05. The Morgan fingerprint density at radius 1 is 1.11 bits per heavy atom. The molecule has 0 spiro atoms. The maximum atomic E-state index is 5.16. The number of benzene rings is 1. The van der Waals surface area contributed by atoms with E-state index in [9.17, 15) is 0 Å². The van der Waals surface area contributed by atoms with Gasteiger partial charge in [-0.15, -0.1) is 0 Å². The third kappa shape index (κ3) is 1.74. The maximum Gasteiger partial charge on any atom is 0.140 e. The summed E-state index contributed by atoms with van der Waals surface area (Å²) in [5.74, 6) is 0.860. The van der Waals surface area contributed by atoms with Crippen LogP contribution in [0.25, 0.3) is 16.9 Å². The van der Waals surface area contributed by atoms with Crippen molar-refractivity contribution in [2.45, 2.75) is 6.92 Å². The van der Waals surface area contributed by atoms with E-state index in [1.807, 2.05) is 42.7 Å². The third-order valence-corrected chi connectivity index (χ3v) is 3.06. The molecule has 18 heavy (non-hydrogen) atoms. The summed E-state index contributed by atoms with van der Waals surface area (Å²) in [6, 6.07) is 12.0. The molecule has 2 heterocycles. The molecule has 0 atom stereocenters. The van der Waals surface area contributed by atoms with Crippen molar-refractivity contribution in [3.63, 3.8) is 0 Å². The standard InChI is InChI=1S/C15H14N2O/c1-11-4-3-9-17-10-14(16-15(11)17)12-5-7-13(18-2)8-6-12/h3-10H,1-2H3. The molecule has 3 heteroatoms. The Morgan fingerprint density at radius 3 is 2.56 bits per heavy atom. The van der Waals surface area contributed by atoms with E-state index >= 15 is 0 Å². The predicted molar refractivity (Wildman–Crippen MR) is 71.9 cm³/mol. The molecule has 0 radical (unpaired) electrons. The number of nitrogens with zero attached hydrogens (tertiary/aromatic N) is 2. The summed E-state index contributed by atoms with van der Waals surface area (Å²) in [6.07, 6.45) is 4.06. The Hall–Kier alpha value is -2.29. The SMILES string of the molecule is COc1ccc(-c2cn3cccc(C)c3n2)cc1. The number of hydrogen-bond acceptors (Lipinski definition) is 2. The molecule has 0 N–H and O–H groups in total. The number of aromatic nitrogens is 2. The second-order valence-corrected chi connectivity index (χ2v) is 4.28. The molecule has 0 saturated heterocycles. The van der Waals surface area contributed by atoms with Gasteiger partial charge >= 0.3 is 0 Å². The summed E-state index contributed by atoms with van der Waals surface area (Å²) in [6.45, 7) is 2.07. The number of imidazole rings is 1. The van der Waals surface area contributed by atoms with Crippen molar-refractivity contribution >= 4 is 5.65 Å². The van der Waals surface area contributed by atoms with Gasteiger partial charge < -0.3 is 9.14 Å². The van der Waals surface area contributed by atoms with Crippen molar-refractivity contribution in [1.82, 2.24) is 9.38 Å². The topological polar surface area (TPSA) is 26.5 Å². The highest BCUT2D eigenvalue weighted by atomic mass is 16.5. The Morgan fingerprint density at radius 2 is 1.89 bits per heavy atom. The van der Waals surface area contributed by atoms with E-state index in [0.717, 1.165) is 22.7 Å². The van der Waals surface area contributed by atoms with Crippen LogP contribution in [0.2, 0.25) is 0 Å². The fourth-order valence-electron chi connectivity index (χ4n) is 2.05. The lowest BCUT2D eigenvalue weighted by Gasteiger charge is -2.00. The first-order chi connectivity index (χ1) is 8.78. The molecular weight excluding hydrogens is 224 g/mol. The molecule has 3 nitrogen and oxygen atoms in total. The average molecular weight is 238 g/mol. The predicted octanol–water partition coefficient (Wildman–Crippen LogP) is 3.32. The van der Waals surface area contributed by atoms with E-state index in [1.54, 1.807) is 7.11 Å². The highest BCUT2D eigenvalue weighted by Crippen LogP contribution is 2.22. The summed E-state index contributed by atoms with van der Waals surface area (Å²) in [4.78, 5) is 4.66. The van der Waals surface area contributed by atoms with E-state index in [1.165, 1.54) is 5.56 Å². The summed E-state index contributed by atoms with van der Waals surface area (Å²) < 4.78 is 7.21. The molecule has 0 amide bonds. The van der Waals surface area contributed by atoms with Gasteiger partial charge in [0.2, 0.25) is 0 Å². The molecule has 0 aliphatic rings. The van der Waals surface area contributed by atoms with Gasteiger partial charge in [-0.05, 0) is 42.8 Å². The van der Waals surface area contributed by atoms with Crippen molar-refractivity contribution in [2.75, 3.05) is 7.11 Å². The molecule has 0 bridgehead atoms. The van der Waals surface area contributed by atoms with Crippen LogP contribution in [0, 0.1) is 6.92 Å². The lowest BCUT2D eigenvalue weighted by atomic mass is 10.2. The van der Waals surface area contributed by atoms with Crippen LogP contribution in [-0.2, 0) is 0 Å². The van der Waals surface area contributed by atoms with Crippen molar-refractivity contribution in [3.8, 4) is 17.0 Å². The summed E-state index contributed by atoms with van der Waals surface area (Å²) in [7, 11) is 1.67. The first-order valence-electron chi connectivity index (χ1n) is 5.86. The van der Waals surface area contributed by atoms with Gasteiger partial charge in [-0.1, -0.05) is 6.07 Å². The van der Waals surface area contributed by atoms with Crippen LogP contribution in [0.1, 0.15) is 5.56 Å². The van der Waals surface area contributed by atoms with Crippen LogP contribution in [-0.4, -0.2) is 16.5 Å². The van der Waals surface area contributed by atoms with Crippen molar-refractivity contribution in [1.29, 1.82) is 0 Å². The van der Waals surface area contributed by atoms with Gasteiger partial charge in [0.1, 0.15) is 11.4 Å². The van der Waals surface area contributed by atoms with E-state index in [2.05, 4.69) is 22.4 Å². The number of methoxy groups -OCH3 is 1. The molecule has 0 aliphatic heterocycles. The number of rotatable bonds is 2. The number of hydrogen-bond donors (Lipinski definition) is 0. The van der Waals surface area contributed by atoms with Crippen LogP contribution < -0.4 is 4.74 Å². The van der Waals surface area contributed by atoms with Crippen LogP contribution in [0.15, 0.2) is 48.8 Å². The van der Waals surface area contributed by atoms with Crippen molar-refractivity contribution < 1.29 is 4.74 Å². The fourth-order valence-corrected chi connectivity index (χ4v) is 2.05. The van der Waals surface area contributed by atoms with Gasteiger partial charge in [0.15, 0.2) is 0 Å². The van der Waals surface area contributed by atoms with E-state index < -0.39 is 0 Å². The molecule has 0 saturated carbocycles. The van der Waals surface area contributed by atoms with Crippen LogP contribution >= 0.6 is 0 Å². The zero-order chi connectivity index (χ0) is 12.5. The smallest absolute Gasteiger partial charge is 0.140 e. The molecule has 1 aromatic carbocycles. The van der Waals surface area contributed by atoms with Gasteiger partial charge in [0, 0.05) is 18.0 Å². The van der Waals surface area contributed by atoms with Crippen LogP contribution in [0.5, 0.6) is 5.75 Å². The molecule has 3 rings (SSSR count). The summed E-state index contributed by atoms with van der Waals surface area (Å²) in [5.41, 5.74) is 4.26. The lowest BCUT2D eigenvalue weighted by Crippen LogP contribution is -1.84. The quantitative estimate of drug-likeness (QED) is 0.684. The minimum atomic E-state index is 0.860. The number of pyridine rings is 1. The zero-order valence-electron chi connectivity index (χ0n) is 10.4. The lowest BCUT2D eigenvalue weighted by molar-refractivity contribution is 0.415. The van der Waals surface area contributed by atoms with Crippen molar-refractivity contribution in [2.24, 2.45) is 0 Å². The Bertz CT molecular complexity index is 683. The molecule has 0 unspecified atom stereocenters. The molecule has 0 aliphatic carbocycles. The van der Waals surface area contributed by atoms with Gasteiger partial charge in [-0.2, -0.15) is 0 Å². The summed E-state index contributed by atoms with van der Waals surface area (Å²) >= 11 is 0. The molecule has 0 fully saturated rings. The number of aryl methyl sites for hydroxylation is 1. The number of fused-ring (bicyclic) bond motifs is 1. The van der Waals surface area contributed by atoms with E-state index in [-0.39, 0.29) is 0 Å². The Labute approximate surface area is 106 Å². The first-order valence-corrected chi connectivity index (χ1v) is 5.86. The molecule has 3 aromatic rings. The highest BCUT2D eigenvalue weighted by molar-refractivity contribution is 5.64. The minimum Gasteiger partial charge on any atom is -0.497 e. The monoisotopic (exact) mass is 238 g/mol. The first kappa shape index (κ1) is 10.8. The van der Waals surface area contributed by atoms with E-state index in [0.29, 0.717) is 0 Å². The van der Waals surface area contributed by atoms with Gasteiger partial charge in [-0.25, -0.2) is 4.98 Å². The average Bonchev–Trinajstić information content (AvgIpc) is 2.84. The van der Waals surface area contributed by atoms with Gasteiger partial charge in [0.25, 0.3) is 0 Å². The van der Waals surface area contributed by atoms with E-state index in [4.69, 9.17) is 4.74 Å². The third-order valence-electron chi connectivity index (χ3n) is 3.06. The second kappa shape index (κ2) is 4.18. The second-order valence-electron chi connectivity index (χ2n) is 4.28. The van der Waals surface area contributed by atoms with Gasteiger partial charge in [0.05, 0.1) is 12.8 Å². The zero-order valence-corrected chi connectivity index (χ0v) is 10.4. The maximum absolute atomic E-state index is 5.16. The molecular formula is C15H14N2O. The fraction of sp³-hybridized carbons (Fsp3) is 0.133. The minimum absolute atomic E-state index is 0.860. The number of ether oxygens (including phenoxy) is 1. The molecule has 90 valence electrons. The van der Waals surface area contributed by atoms with Crippen LogP contribution in [0.3, 0.4) is 0 Å². The van der Waals surface area contributed by atoms with Crippen LogP contribution in [0.4, 0.5) is 0 Å². The largest absolute Gasteiger partial charge is 0.497 e. The summed E-state index contributed by atoms with van der Waals surface area (Å²) in [5, 5.41) is 0. The van der Waals surface area contributed by atoms with Crippen molar-refractivity contribution in [3.05, 3.63) is 54.4 Å². The normalized spacial score (nSPS) is 10.8. The Kier molecular flexibility index (Phi) is 2.52. The molecule has 2 aromatic heterocycles. The Balaban J connectivity index is 2.10.